The Bertz CT molecular complexity index is 662. The lowest BCUT2D eigenvalue weighted by atomic mass is 10.1. The van der Waals surface area contributed by atoms with E-state index in [1.165, 1.54) is 15.4 Å². The van der Waals surface area contributed by atoms with Crippen LogP contribution in [0.1, 0.15) is 23.4 Å². The fourth-order valence-electron chi connectivity index (χ4n) is 2.88. The monoisotopic (exact) mass is 360 g/mol. The van der Waals surface area contributed by atoms with Crippen LogP contribution in [0.2, 0.25) is 0 Å². The number of thiophene rings is 1. The molecule has 0 aliphatic carbocycles. The van der Waals surface area contributed by atoms with E-state index in [4.69, 9.17) is 5.84 Å². The van der Waals surface area contributed by atoms with Crippen LogP contribution >= 0.6 is 11.3 Å². The van der Waals surface area contributed by atoms with Gasteiger partial charge in [0.25, 0.3) is 0 Å². The molecule has 0 radical (unpaired) electrons. The van der Waals surface area contributed by atoms with Gasteiger partial charge in [0.1, 0.15) is 0 Å². The van der Waals surface area contributed by atoms with Crippen LogP contribution < -0.4 is 21.5 Å². The molecule has 3 rings (SSSR count). The second kappa shape index (κ2) is 9.56. The zero-order valence-corrected chi connectivity index (χ0v) is 14.6. The minimum Gasteiger partial charge on any atom is -0.361 e. The molecule has 4 N–H and O–H groups in total. The molecule has 1 aliphatic rings. The molecule has 0 spiro atoms. The summed E-state index contributed by atoms with van der Waals surface area (Å²) in [7, 11) is 0. The number of carbonyl (C=O) groups excluding carboxylic acids is 1. The van der Waals surface area contributed by atoms with E-state index in [2.05, 4.69) is 39.9 Å². The van der Waals surface area contributed by atoms with Gasteiger partial charge in [-0.25, -0.2) is 5.84 Å². The van der Waals surface area contributed by atoms with Crippen molar-refractivity contribution < 1.29 is 4.79 Å². The predicted octanol–water partition coefficient (Wildman–Crippen LogP) is 2.11. The van der Waals surface area contributed by atoms with Gasteiger partial charge in [-0.3, -0.25) is 10.2 Å². The number of benzene rings is 1. The van der Waals surface area contributed by atoms with Crippen LogP contribution in [0.15, 0.2) is 36.4 Å². The molecule has 0 saturated carbocycles. The van der Waals surface area contributed by atoms with Crippen molar-refractivity contribution in [3.05, 3.63) is 52.4 Å². The second-order valence-electron chi connectivity index (χ2n) is 6.04. The second-order valence-corrected chi connectivity index (χ2v) is 7.18. The predicted molar refractivity (Wildman–Crippen MR) is 106 cm³/mol. The van der Waals surface area contributed by atoms with Gasteiger partial charge in [0.05, 0.1) is 11.4 Å². The van der Waals surface area contributed by atoms with Crippen molar-refractivity contribution in [1.29, 1.82) is 0 Å². The fourth-order valence-corrected chi connectivity index (χ4v) is 3.94. The third-order valence-corrected chi connectivity index (χ3v) is 5.49. The lowest BCUT2D eigenvalue weighted by Gasteiger charge is -2.27. The molecule has 0 atom stereocenters. The first-order valence-electron chi connectivity index (χ1n) is 8.36. The van der Waals surface area contributed by atoms with E-state index < -0.39 is 0 Å². The molecule has 25 heavy (non-hydrogen) atoms. The lowest BCUT2D eigenvalue weighted by molar-refractivity contribution is -0.120. The Hall–Kier alpha value is -1.89. The molecule has 1 fully saturated rings. The van der Waals surface area contributed by atoms with Crippen LogP contribution in [-0.4, -0.2) is 32.1 Å². The van der Waals surface area contributed by atoms with E-state index in [1.54, 1.807) is 0 Å². The van der Waals surface area contributed by atoms with Crippen molar-refractivity contribution in [1.82, 2.24) is 10.7 Å². The standard InChI is InChI=1S/C18H24N4OS.CH4/c19-21-17(23)13-15-3-1-14(2-4-15)5-6-16-7-8-18(24-16)22-11-9-20-10-12-22;/h1-4,7-8,20H,5-6,9-13,19H2,(H,21,23);1H4. The smallest absolute Gasteiger partial charge is 0.238 e. The van der Waals surface area contributed by atoms with Gasteiger partial charge in [0.2, 0.25) is 5.91 Å². The topological polar surface area (TPSA) is 70.4 Å². The van der Waals surface area contributed by atoms with Gasteiger partial charge in [0, 0.05) is 31.1 Å². The van der Waals surface area contributed by atoms with Crippen LogP contribution in [0.5, 0.6) is 0 Å². The van der Waals surface area contributed by atoms with Gasteiger partial charge in [-0.15, -0.1) is 11.3 Å². The van der Waals surface area contributed by atoms with E-state index in [-0.39, 0.29) is 13.3 Å². The van der Waals surface area contributed by atoms with Gasteiger partial charge >= 0.3 is 0 Å². The molecule has 1 aliphatic heterocycles. The largest absolute Gasteiger partial charge is 0.361 e. The van der Waals surface area contributed by atoms with E-state index in [0.717, 1.165) is 44.6 Å². The van der Waals surface area contributed by atoms with E-state index in [1.807, 2.05) is 23.5 Å². The molecule has 1 amide bonds. The van der Waals surface area contributed by atoms with Gasteiger partial charge < -0.3 is 10.2 Å². The molecule has 5 nitrogen and oxygen atoms in total. The number of hydrogen-bond acceptors (Lipinski definition) is 5. The van der Waals surface area contributed by atoms with Crippen molar-refractivity contribution in [3.63, 3.8) is 0 Å². The zero-order chi connectivity index (χ0) is 16.8. The first kappa shape index (κ1) is 19.4. The molecule has 1 aromatic carbocycles. The molecular formula is C19H28N4OS. The molecular weight excluding hydrogens is 332 g/mol. The maximum absolute atomic E-state index is 11.3. The fraction of sp³-hybridized carbons (Fsp3) is 0.421. The number of nitrogens with two attached hydrogens (primary N) is 1. The summed E-state index contributed by atoms with van der Waals surface area (Å²) in [4.78, 5) is 15.2. The summed E-state index contributed by atoms with van der Waals surface area (Å²) in [6, 6.07) is 12.7. The Morgan fingerprint density at radius 2 is 1.76 bits per heavy atom. The lowest BCUT2D eigenvalue weighted by Crippen LogP contribution is -2.43. The van der Waals surface area contributed by atoms with Gasteiger partial charge in [0.15, 0.2) is 0 Å². The van der Waals surface area contributed by atoms with Crippen molar-refractivity contribution >= 4 is 22.2 Å². The van der Waals surface area contributed by atoms with Gasteiger partial charge in [-0.1, -0.05) is 31.7 Å². The number of hydrazine groups is 1. The number of carbonyl (C=O) groups is 1. The average Bonchev–Trinajstić information content (AvgIpc) is 3.11. The van der Waals surface area contributed by atoms with Crippen molar-refractivity contribution in [2.24, 2.45) is 5.84 Å². The molecule has 1 saturated heterocycles. The molecule has 2 heterocycles. The highest BCUT2D eigenvalue weighted by Crippen LogP contribution is 2.27. The summed E-state index contributed by atoms with van der Waals surface area (Å²) in [6.07, 6.45) is 2.40. The SMILES string of the molecule is C.NNC(=O)Cc1ccc(CCc2ccc(N3CCNCC3)s2)cc1. The number of nitrogens with zero attached hydrogens (tertiary/aromatic N) is 1. The quantitative estimate of drug-likeness (QED) is 0.419. The van der Waals surface area contributed by atoms with Gasteiger partial charge in [-0.2, -0.15) is 0 Å². The highest BCUT2D eigenvalue weighted by Gasteiger charge is 2.12. The number of piperazine rings is 1. The summed E-state index contributed by atoms with van der Waals surface area (Å²) in [5, 5.41) is 4.77. The maximum Gasteiger partial charge on any atom is 0.238 e. The summed E-state index contributed by atoms with van der Waals surface area (Å²) in [6.45, 7) is 4.33. The Morgan fingerprint density at radius 1 is 1.08 bits per heavy atom. The third-order valence-electron chi connectivity index (χ3n) is 4.28. The normalized spacial score (nSPS) is 14.0. The maximum atomic E-state index is 11.3. The third kappa shape index (κ3) is 5.56. The number of aryl methyl sites for hydroxylation is 2. The summed E-state index contributed by atoms with van der Waals surface area (Å²) < 4.78 is 0. The highest BCUT2D eigenvalue weighted by molar-refractivity contribution is 7.16. The molecule has 2 aromatic rings. The van der Waals surface area contributed by atoms with Crippen LogP contribution in [0, 0.1) is 0 Å². The minimum absolute atomic E-state index is 0. The van der Waals surface area contributed by atoms with Crippen LogP contribution in [0.3, 0.4) is 0 Å². The average molecular weight is 361 g/mol. The van der Waals surface area contributed by atoms with Crippen molar-refractivity contribution in [2.75, 3.05) is 31.1 Å². The van der Waals surface area contributed by atoms with Crippen LogP contribution in [0.4, 0.5) is 5.00 Å². The summed E-state index contributed by atoms with van der Waals surface area (Å²) in [5.74, 6) is 4.95. The summed E-state index contributed by atoms with van der Waals surface area (Å²) in [5.41, 5.74) is 4.44. The van der Waals surface area contributed by atoms with E-state index in [0.29, 0.717) is 6.42 Å². The molecule has 136 valence electrons. The Balaban J connectivity index is 0.00000225. The Labute approximate surface area is 154 Å². The number of anilines is 1. The zero-order valence-electron chi connectivity index (χ0n) is 13.8. The van der Waals surface area contributed by atoms with Crippen molar-refractivity contribution in [3.8, 4) is 0 Å². The number of amides is 1. The highest BCUT2D eigenvalue weighted by atomic mass is 32.1. The van der Waals surface area contributed by atoms with E-state index in [9.17, 15) is 4.79 Å². The minimum atomic E-state index is -0.165. The number of hydrogen-bond donors (Lipinski definition) is 3. The first-order chi connectivity index (χ1) is 11.7. The van der Waals surface area contributed by atoms with Crippen LogP contribution in [0.25, 0.3) is 0 Å². The van der Waals surface area contributed by atoms with Gasteiger partial charge in [-0.05, 0) is 36.1 Å². The molecule has 1 aromatic heterocycles. The Morgan fingerprint density at radius 3 is 2.44 bits per heavy atom. The molecule has 0 unspecified atom stereocenters. The first-order valence-corrected chi connectivity index (χ1v) is 9.18. The van der Waals surface area contributed by atoms with E-state index >= 15 is 0 Å². The Kier molecular flexibility index (Phi) is 7.43. The molecule has 0 bridgehead atoms. The molecule has 6 heteroatoms. The summed E-state index contributed by atoms with van der Waals surface area (Å²) >= 11 is 1.90. The van der Waals surface area contributed by atoms with Crippen LogP contribution in [-0.2, 0) is 24.1 Å². The number of nitrogens with one attached hydrogen (secondary N) is 2. The number of rotatable bonds is 6. The van der Waals surface area contributed by atoms with Crippen molar-refractivity contribution in [2.45, 2.75) is 26.7 Å².